The highest BCUT2D eigenvalue weighted by atomic mass is 19.1. The second-order valence-corrected chi connectivity index (χ2v) is 9.38. The zero-order chi connectivity index (χ0) is 28.5. The fourth-order valence-corrected chi connectivity index (χ4v) is 4.58. The zero-order valence-electron chi connectivity index (χ0n) is 24.4. The summed E-state index contributed by atoms with van der Waals surface area (Å²) in [4.78, 5) is 9.43. The maximum Gasteiger partial charge on any atom is 0.123 e. The van der Waals surface area contributed by atoms with Crippen molar-refractivity contribution in [1.82, 2.24) is 9.78 Å². The Morgan fingerprint density at radius 3 is 2.24 bits per heavy atom. The van der Waals surface area contributed by atoms with Crippen molar-refractivity contribution in [2.24, 2.45) is 27.6 Å². The SMILES string of the molecule is C=C.CCC.C\C=C(CN)/C(=N\C(C)=C(\C=NC)c1cnn(-c2ccc(F)cc2)c1)C1CCC(CC)CC1. The molecule has 2 N–H and O–H groups in total. The number of hydrogen-bond acceptors (Lipinski definition) is 4. The molecule has 0 bridgehead atoms. The number of aliphatic imine (C=N–C) groups is 2. The molecule has 0 radical (unpaired) electrons. The summed E-state index contributed by atoms with van der Waals surface area (Å²) in [7, 11) is 1.76. The smallest absolute Gasteiger partial charge is 0.123 e. The van der Waals surface area contributed by atoms with Crippen LogP contribution in [0.1, 0.15) is 78.7 Å². The second-order valence-electron chi connectivity index (χ2n) is 9.38. The van der Waals surface area contributed by atoms with Crippen molar-refractivity contribution in [3.63, 3.8) is 0 Å². The minimum atomic E-state index is -0.268. The molecular formula is C32H48FN5. The quantitative estimate of drug-likeness (QED) is 0.281. The average Bonchev–Trinajstić information content (AvgIpc) is 3.43. The topological polar surface area (TPSA) is 68.6 Å². The van der Waals surface area contributed by atoms with Gasteiger partial charge in [0.2, 0.25) is 0 Å². The summed E-state index contributed by atoms with van der Waals surface area (Å²) in [6.07, 6.45) is 15.0. The van der Waals surface area contributed by atoms with E-state index in [1.807, 2.05) is 26.3 Å². The molecule has 208 valence electrons. The predicted molar refractivity (Wildman–Crippen MR) is 164 cm³/mol. The summed E-state index contributed by atoms with van der Waals surface area (Å²) >= 11 is 0. The first-order chi connectivity index (χ1) is 18.4. The summed E-state index contributed by atoms with van der Waals surface area (Å²) in [5.41, 5.74) is 11.8. The van der Waals surface area contributed by atoms with Crippen molar-refractivity contribution < 1.29 is 4.39 Å². The van der Waals surface area contributed by atoms with E-state index in [1.54, 1.807) is 30.1 Å². The number of nitrogens with two attached hydrogens (primary N) is 1. The fourth-order valence-electron chi connectivity index (χ4n) is 4.58. The van der Waals surface area contributed by atoms with Crippen molar-refractivity contribution in [1.29, 1.82) is 0 Å². The maximum absolute atomic E-state index is 13.3. The van der Waals surface area contributed by atoms with Gasteiger partial charge in [0.25, 0.3) is 0 Å². The van der Waals surface area contributed by atoms with Crippen molar-refractivity contribution >= 4 is 17.5 Å². The summed E-state index contributed by atoms with van der Waals surface area (Å²) in [6, 6.07) is 6.28. The zero-order valence-corrected chi connectivity index (χ0v) is 24.4. The van der Waals surface area contributed by atoms with Gasteiger partial charge in [-0.2, -0.15) is 5.10 Å². The van der Waals surface area contributed by atoms with Gasteiger partial charge in [-0.1, -0.05) is 39.7 Å². The van der Waals surface area contributed by atoms with Crippen molar-refractivity contribution in [3.8, 4) is 5.69 Å². The number of benzene rings is 1. The van der Waals surface area contributed by atoms with Gasteiger partial charge in [0.05, 0.1) is 11.9 Å². The van der Waals surface area contributed by atoms with Crippen LogP contribution in [0.15, 0.2) is 77.1 Å². The van der Waals surface area contributed by atoms with E-state index in [0.29, 0.717) is 12.5 Å². The Morgan fingerprint density at radius 1 is 1.13 bits per heavy atom. The molecule has 1 heterocycles. The number of aromatic nitrogens is 2. The monoisotopic (exact) mass is 521 g/mol. The van der Waals surface area contributed by atoms with Crippen LogP contribution in [0.25, 0.3) is 11.3 Å². The lowest BCUT2D eigenvalue weighted by Gasteiger charge is -2.29. The van der Waals surface area contributed by atoms with Crippen LogP contribution in [-0.2, 0) is 0 Å². The number of allylic oxidation sites excluding steroid dienone is 3. The third kappa shape index (κ3) is 9.64. The van der Waals surface area contributed by atoms with Crippen molar-refractivity contribution in [2.45, 2.75) is 73.1 Å². The van der Waals surface area contributed by atoms with Gasteiger partial charge in [-0.05, 0) is 75.3 Å². The molecule has 3 rings (SSSR count). The molecule has 0 aliphatic heterocycles. The fraction of sp³-hybridized carbons (Fsp3) is 0.469. The largest absolute Gasteiger partial charge is 0.326 e. The van der Waals surface area contributed by atoms with E-state index in [-0.39, 0.29) is 5.82 Å². The van der Waals surface area contributed by atoms with Gasteiger partial charge in [0.15, 0.2) is 0 Å². The van der Waals surface area contributed by atoms with E-state index in [0.717, 1.165) is 52.6 Å². The van der Waals surface area contributed by atoms with Crippen molar-refractivity contribution in [3.05, 3.63) is 78.5 Å². The molecule has 6 heteroatoms. The van der Waals surface area contributed by atoms with Gasteiger partial charge >= 0.3 is 0 Å². The summed E-state index contributed by atoms with van der Waals surface area (Å²) in [6.45, 7) is 17.1. The van der Waals surface area contributed by atoms with Gasteiger partial charge in [-0.25, -0.2) is 9.07 Å². The highest BCUT2D eigenvalue weighted by Crippen LogP contribution is 2.34. The van der Waals surface area contributed by atoms with E-state index >= 15 is 0 Å². The Bertz CT molecular complexity index is 1070. The molecule has 1 fully saturated rings. The summed E-state index contributed by atoms with van der Waals surface area (Å²) in [5.74, 6) is 0.987. The lowest BCUT2D eigenvalue weighted by Crippen LogP contribution is -2.26. The van der Waals surface area contributed by atoms with Crippen LogP contribution in [0.3, 0.4) is 0 Å². The molecule has 0 spiro atoms. The van der Waals surface area contributed by atoms with E-state index in [2.05, 4.69) is 50.1 Å². The number of rotatable bonds is 8. The van der Waals surface area contributed by atoms with E-state index < -0.39 is 0 Å². The van der Waals surface area contributed by atoms with Crippen LogP contribution < -0.4 is 5.73 Å². The van der Waals surface area contributed by atoms with Gasteiger partial charge < -0.3 is 5.73 Å². The lowest BCUT2D eigenvalue weighted by atomic mass is 9.77. The molecule has 0 atom stereocenters. The summed E-state index contributed by atoms with van der Waals surface area (Å²) < 4.78 is 15.0. The van der Waals surface area contributed by atoms with Crippen LogP contribution in [0.2, 0.25) is 0 Å². The molecule has 1 aromatic carbocycles. The standard InChI is InChI=1S/C27H36FN5.C3H8.C2H4/c1-5-20-7-9-22(10-8-20)27(21(6-2)15-29)32-19(3)26(17-30-4)23-16-31-33(18-23)25-13-11-24(28)12-14-25;1-3-2;1-2/h6,11-14,16-18,20,22H,5,7-10,15,29H2,1-4H3;3H2,1-2H3;1-2H2/b21-6-,26-19-,30-17?,32-27+;;. The molecule has 2 aromatic rings. The number of halogens is 1. The molecule has 5 nitrogen and oxygen atoms in total. The van der Waals surface area contributed by atoms with Crippen LogP contribution >= 0.6 is 0 Å². The minimum Gasteiger partial charge on any atom is -0.326 e. The molecule has 0 unspecified atom stereocenters. The van der Waals surface area contributed by atoms with Crippen molar-refractivity contribution in [2.75, 3.05) is 13.6 Å². The molecular weight excluding hydrogens is 473 g/mol. The minimum absolute atomic E-state index is 0.268. The first-order valence-corrected chi connectivity index (χ1v) is 13.8. The first-order valence-electron chi connectivity index (χ1n) is 13.8. The molecule has 38 heavy (non-hydrogen) atoms. The number of hydrogen-bond donors (Lipinski definition) is 1. The maximum atomic E-state index is 13.3. The second kappa shape index (κ2) is 18.2. The Kier molecular flexibility index (Phi) is 15.7. The van der Waals surface area contributed by atoms with Gasteiger partial charge in [0.1, 0.15) is 5.82 Å². The van der Waals surface area contributed by atoms with Gasteiger partial charge in [-0.3, -0.25) is 9.98 Å². The first kappa shape index (κ1) is 32.9. The predicted octanol–water partition coefficient (Wildman–Crippen LogP) is 8.22. The number of nitrogens with zero attached hydrogens (tertiary/aromatic N) is 4. The van der Waals surface area contributed by atoms with E-state index in [1.165, 1.54) is 37.8 Å². The molecule has 1 aliphatic rings. The lowest BCUT2D eigenvalue weighted by molar-refractivity contribution is 0.315. The Morgan fingerprint density at radius 2 is 1.74 bits per heavy atom. The van der Waals surface area contributed by atoms with E-state index in [9.17, 15) is 4.39 Å². The normalized spacial score (nSPS) is 18.7. The van der Waals surface area contributed by atoms with Crippen LogP contribution in [0.4, 0.5) is 4.39 Å². The highest BCUT2D eigenvalue weighted by Gasteiger charge is 2.25. The Balaban J connectivity index is 0.00000135. The third-order valence-corrected chi connectivity index (χ3v) is 6.63. The molecule has 0 saturated heterocycles. The highest BCUT2D eigenvalue weighted by molar-refractivity contribution is 6.12. The van der Waals surface area contributed by atoms with Gasteiger partial charge in [-0.15, -0.1) is 13.2 Å². The van der Waals surface area contributed by atoms with Crippen LogP contribution in [-0.4, -0.2) is 35.3 Å². The van der Waals surface area contributed by atoms with Gasteiger partial charge in [0, 0.05) is 54.5 Å². The summed E-state index contributed by atoms with van der Waals surface area (Å²) in [5, 5.41) is 4.47. The molecule has 1 aliphatic carbocycles. The molecule has 0 amide bonds. The van der Waals surface area contributed by atoms with E-state index in [4.69, 9.17) is 10.7 Å². The average molecular weight is 522 g/mol. The van der Waals surface area contributed by atoms with Crippen LogP contribution in [0, 0.1) is 17.7 Å². The Labute approximate surface area is 230 Å². The molecule has 1 saturated carbocycles. The third-order valence-electron chi connectivity index (χ3n) is 6.63. The Hall–Kier alpha value is -3.12. The molecule has 1 aromatic heterocycles. The van der Waals surface area contributed by atoms with Crippen LogP contribution in [0.5, 0.6) is 0 Å².